The van der Waals surface area contributed by atoms with Crippen molar-refractivity contribution in [2.24, 2.45) is 0 Å². The van der Waals surface area contributed by atoms with Crippen molar-refractivity contribution >= 4 is 28.8 Å². The van der Waals surface area contributed by atoms with Crippen molar-refractivity contribution in [2.45, 2.75) is 38.4 Å². The molecule has 6 heteroatoms. The smallest absolute Gasteiger partial charge is 0.313 e. The van der Waals surface area contributed by atoms with Gasteiger partial charge in [0.1, 0.15) is 6.42 Å². The Kier molecular flexibility index (Phi) is 6.87. The highest BCUT2D eigenvalue weighted by Gasteiger charge is 2.24. The maximum atomic E-state index is 11.5. The molecule has 0 spiro atoms. The Balaban J connectivity index is 4.11. The molecule has 0 radical (unpaired) electrons. The lowest BCUT2D eigenvalue weighted by atomic mass is 10.2. The second kappa shape index (κ2) is 7.32. The summed E-state index contributed by atoms with van der Waals surface area (Å²) < 4.78 is 3.97. The predicted octanol–water partition coefficient (Wildman–Crippen LogP) is 1.11. The van der Waals surface area contributed by atoms with Crippen LogP contribution >= 0.6 is 11.8 Å². The summed E-state index contributed by atoms with van der Waals surface area (Å²) in [5, 5.41) is 2.46. The third-order valence-corrected chi connectivity index (χ3v) is 3.01. The van der Waals surface area contributed by atoms with Crippen LogP contribution in [0.25, 0.3) is 0 Å². The standard InChI is InChI=1S/C11H19NO4S/c1-5-8(13)12-7-11(2,3)17-10(15)6-9(14)16-4/h5-7H2,1-4H3,(H,12,13). The molecule has 0 aromatic rings. The van der Waals surface area contributed by atoms with Crippen molar-refractivity contribution in [1.82, 2.24) is 5.32 Å². The highest BCUT2D eigenvalue weighted by atomic mass is 32.2. The lowest BCUT2D eigenvalue weighted by Gasteiger charge is -2.23. The number of carbonyl (C=O) groups is 3. The van der Waals surface area contributed by atoms with E-state index in [4.69, 9.17) is 0 Å². The molecule has 0 bridgehead atoms. The number of rotatable bonds is 6. The number of hydrogen-bond acceptors (Lipinski definition) is 5. The molecule has 0 fully saturated rings. The van der Waals surface area contributed by atoms with Gasteiger partial charge in [-0.25, -0.2) is 0 Å². The number of amides is 1. The zero-order valence-electron chi connectivity index (χ0n) is 10.7. The van der Waals surface area contributed by atoms with Gasteiger partial charge in [0.15, 0.2) is 0 Å². The Morgan fingerprint density at radius 3 is 2.35 bits per heavy atom. The monoisotopic (exact) mass is 261 g/mol. The van der Waals surface area contributed by atoms with E-state index in [1.54, 1.807) is 6.92 Å². The second-order valence-electron chi connectivity index (χ2n) is 4.12. The summed E-state index contributed by atoms with van der Waals surface area (Å²) in [6, 6.07) is 0. The van der Waals surface area contributed by atoms with Gasteiger partial charge in [0.2, 0.25) is 11.0 Å². The minimum Gasteiger partial charge on any atom is -0.469 e. The third kappa shape index (κ3) is 7.79. The highest BCUT2D eigenvalue weighted by Crippen LogP contribution is 2.25. The van der Waals surface area contributed by atoms with E-state index >= 15 is 0 Å². The minimum atomic E-state index is -0.545. The van der Waals surface area contributed by atoms with E-state index < -0.39 is 10.7 Å². The van der Waals surface area contributed by atoms with Crippen LogP contribution in [-0.2, 0) is 19.1 Å². The Morgan fingerprint density at radius 1 is 1.29 bits per heavy atom. The van der Waals surface area contributed by atoms with Crippen molar-refractivity contribution in [3.63, 3.8) is 0 Å². The number of carbonyl (C=O) groups excluding carboxylic acids is 3. The van der Waals surface area contributed by atoms with E-state index in [1.165, 1.54) is 7.11 Å². The first-order valence-corrected chi connectivity index (χ1v) is 6.17. The van der Waals surface area contributed by atoms with Crippen LogP contribution in [0.4, 0.5) is 0 Å². The van der Waals surface area contributed by atoms with Crippen LogP contribution in [0, 0.1) is 0 Å². The van der Waals surface area contributed by atoms with Crippen molar-refractivity contribution in [1.29, 1.82) is 0 Å². The van der Waals surface area contributed by atoms with Gasteiger partial charge < -0.3 is 10.1 Å². The average Bonchev–Trinajstić information content (AvgIpc) is 2.24. The Hall–Kier alpha value is -1.04. The SMILES string of the molecule is CCC(=O)NCC(C)(C)SC(=O)CC(=O)OC. The van der Waals surface area contributed by atoms with Crippen LogP contribution in [0.5, 0.6) is 0 Å². The van der Waals surface area contributed by atoms with Crippen molar-refractivity contribution in [3.05, 3.63) is 0 Å². The van der Waals surface area contributed by atoms with Gasteiger partial charge in [-0.1, -0.05) is 18.7 Å². The minimum absolute atomic E-state index is 0.0564. The summed E-state index contributed by atoms with van der Waals surface area (Å²) in [4.78, 5) is 33.5. The molecule has 0 saturated carbocycles. The number of methoxy groups -OCH3 is 1. The van der Waals surface area contributed by atoms with Crippen LogP contribution in [0.3, 0.4) is 0 Å². The van der Waals surface area contributed by atoms with Gasteiger partial charge in [0.25, 0.3) is 0 Å². The first-order valence-electron chi connectivity index (χ1n) is 5.36. The second-order valence-corrected chi connectivity index (χ2v) is 5.88. The maximum absolute atomic E-state index is 11.5. The van der Waals surface area contributed by atoms with E-state index in [1.807, 2.05) is 13.8 Å². The van der Waals surface area contributed by atoms with Crippen molar-refractivity contribution < 1.29 is 19.1 Å². The predicted molar refractivity (Wildman–Crippen MR) is 66.6 cm³/mol. The van der Waals surface area contributed by atoms with Gasteiger partial charge in [-0.15, -0.1) is 0 Å². The van der Waals surface area contributed by atoms with E-state index in [0.717, 1.165) is 11.8 Å². The Labute approximate surface area is 106 Å². The topological polar surface area (TPSA) is 72.5 Å². The fourth-order valence-corrected chi connectivity index (χ4v) is 1.96. The van der Waals surface area contributed by atoms with Gasteiger partial charge in [-0.3, -0.25) is 14.4 Å². The van der Waals surface area contributed by atoms with Crippen LogP contribution in [-0.4, -0.2) is 35.4 Å². The summed E-state index contributed by atoms with van der Waals surface area (Å²) in [5.74, 6) is -0.602. The first-order chi connectivity index (χ1) is 7.80. The molecule has 1 amide bonds. The average molecular weight is 261 g/mol. The quantitative estimate of drug-likeness (QED) is 0.573. The third-order valence-electron chi connectivity index (χ3n) is 1.94. The summed E-state index contributed by atoms with van der Waals surface area (Å²) in [7, 11) is 1.24. The fraction of sp³-hybridized carbons (Fsp3) is 0.727. The number of thioether (sulfide) groups is 1. The van der Waals surface area contributed by atoms with Crippen molar-refractivity contribution in [2.75, 3.05) is 13.7 Å². The van der Waals surface area contributed by atoms with Crippen LogP contribution in [0.2, 0.25) is 0 Å². The summed E-state index contributed by atoms with van der Waals surface area (Å²) in [6.45, 7) is 5.82. The molecule has 17 heavy (non-hydrogen) atoms. The summed E-state index contributed by atoms with van der Waals surface area (Å²) >= 11 is 1.04. The number of esters is 1. The molecule has 0 aliphatic rings. The molecule has 0 aliphatic heterocycles. The molecule has 0 aliphatic carbocycles. The van der Waals surface area contributed by atoms with Gasteiger partial charge in [-0.05, 0) is 13.8 Å². The molecule has 0 rings (SSSR count). The summed E-state index contributed by atoms with van der Waals surface area (Å²) in [5.41, 5.74) is 0. The van der Waals surface area contributed by atoms with E-state index in [2.05, 4.69) is 10.1 Å². The van der Waals surface area contributed by atoms with Gasteiger partial charge in [0, 0.05) is 17.7 Å². The van der Waals surface area contributed by atoms with E-state index in [-0.39, 0.29) is 17.4 Å². The summed E-state index contributed by atoms with van der Waals surface area (Å²) in [6.07, 6.45) is 0.170. The van der Waals surface area contributed by atoms with Gasteiger partial charge in [-0.2, -0.15) is 0 Å². The van der Waals surface area contributed by atoms with Crippen LogP contribution in [0.15, 0.2) is 0 Å². The maximum Gasteiger partial charge on any atom is 0.313 e. The molecule has 0 saturated heterocycles. The number of ether oxygens (including phenoxy) is 1. The van der Waals surface area contributed by atoms with E-state index in [9.17, 15) is 14.4 Å². The molecule has 0 unspecified atom stereocenters. The molecule has 0 aromatic carbocycles. The Bertz CT molecular complexity index is 302. The van der Waals surface area contributed by atoms with Gasteiger partial charge in [0.05, 0.1) is 7.11 Å². The normalized spacial score (nSPS) is 10.8. The van der Waals surface area contributed by atoms with Gasteiger partial charge >= 0.3 is 5.97 Å². The molecule has 0 aromatic heterocycles. The zero-order valence-corrected chi connectivity index (χ0v) is 11.5. The number of nitrogens with one attached hydrogen (secondary N) is 1. The fourth-order valence-electron chi connectivity index (χ4n) is 1.01. The molecule has 98 valence electrons. The zero-order chi connectivity index (χ0) is 13.5. The molecule has 0 atom stereocenters. The van der Waals surface area contributed by atoms with Crippen LogP contribution in [0.1, 0.15) is 33.6 Å². The first kappa shape index (κ1) is 16.0. The molecular weight excluding hydrogens is 242 g/mol. The lowest BCUT2D eigenvalue weighted by molar-refractivity contribution is -0.142. The molecule has 1 N–H and O–H groups in total. The largest absolute Gasteiger partial charge is 0.469 e. The molecular formula is C11H19NO4S. The van der Waals surface area contributed by atoms with Crippen molar-refractivity contribution in [3.8, 4) is 0 Å². The molecule has 0 heterocycles. The molecule has 5 nitrogen and oxygen atoms in total. The highest BCUT2D eigenvalue weighted by molar-refractivity contribution is 8.14. The number of hydrogen-bond donors (Lipinski definition) is 1. The van der Waals surface area contributed by atoms with Crippen LogP contribution < -0.4 is 5.32 Å². The van der Waals surface area contributed by atoms with E-state index in [0.29, 0.717) is 13.0 Å². The Morgan fingerprint density at radius 2 is 1.88 bits per heavy atom. The lowest BCUT2D eigenvalue weighted by Crippen LogP contribution is -2.36.